The lowest BCUT2D eigenvalue weighted by Gasteiger charge is -2.22. The molecule has 0 spiro atoms. The minimum absolute atomic E-state index is 0.478. The van der Waals surface area contributed by atoms with Crippen LogP contribution in [-0.2, 0) is 6.42 Å². The van der Waals surface area contributed by atoms with Crippen LogP contribution in [0, 0.1) is 17.6 Å². The van der Waals surface area contributed by atoms with E-state index in [0.29, 0.717) is 5.92 Å². The lowest BCUT2D eigenvalue weighted by atomic mass is 9.92. The molecule has 0 saturated carbocycles. The van der Waals surface area contributed by atoms with Crippen molar-refractivity contribution in [2.75, 3.05) is 13.1 Å². The van der Waals surface area contributed by atoms with Crippen LogP contribution in [0.3, 0.4) is 0 Å². The van der Waals surface area contributed by atoms with Crippen molar-refractivity contribution < 1.29 is 8.78 Å². The SMILES string of the molecule is Fc1cc(F)cc(C[C@H]2CCCNC2)c1. The Kier molecular flexibility index (Phi) is 3.31. The molecule has 1 atom stereocenters. The van der Waals surface area contributed by atoms with Gasteiger partial charge in [0.05, 0.1) is 0 Å². The zero-order valence-corrected chi connectivity index (χ0v) is 8.60. The van der Waals surface area contributed by atoms with Gasteiger partial charge in [-0.1, -0.05) is 0 Å². The smallest absolute Gasteiger partial charge is 0.126 e. The van der Waals surface area contributed by atoms with Gasteiger partial charge >= 0.3 is 0 Å². The molecule has 0 amide bonds. The van der Waals surface area contributed by atoms with Crippen molar-refractivity contribution in [3.8, 4) is 0 Å². The van der Waals surface area contributed by atoms with Crippen molar-refractivity contribution >= 4 is 0 Å². The van der Waals surface area contributed by atoms with Crippen LogP contribution in [0.25, 0.3) is 0 Å². The average Bonchev–Trinajstić information content (AvgIpc) is 2.17. The summed E-state index contributed by atoms with van der Waals surface area (Å²) in [6.07, 6.45) is 3.06. The number of nitrogens with one attached hydrogen (secondary N) is 1. The van der Waals surface area contributed by atoms with E-state index in [1.807, 2.05) is 0 Å². The molecule has 0 aliphatic carbocycles. The van der Waals surface area contributed by atoms with Crippen LogP contribution in [-0.4, -0.2) is 13.1 Å². The van der Waals surface area contributed by atoms with E-state index in [1.165, 1.54) is 12.1 Å². The van der Waals surface area contributed by atoms with Crippen molar-refractivity contribution in [3.63, 3.8) is 0 Å². The fraction of sp³-hybridized carbons (Fsp3) is 0.500. The van der Waals surface area contributed by atoms with Crippen molar-refractivity contribution in [3.05, 3.63) is 35.4 Å². The molecule has 1 aromatic rings. The minimum Gasteiger partial charge on any atom is -0.316 e. The van der Waals surface area contributed by atoms with Crippen molar-refractivity contribution in [1.29, 1.82) is 0 Å². The average molecular weight is 211 g/mol. The highest BCUT2D eigenvalue weighted by atomic mass is 19.1. The monoisotopic (exact) mass is 211 g/mol. The van der Waals surface area contributed by atoms with Gasteiger partial charge in [0.25, 0.3) is 0 Å². The molecule has 1 fully saturated rings. The van der Waals surface area contributed by atoms with Gasteiger partial charge in [-0.25, -0.2) is 8.78 Å². The van der Waals surface area contributed by atoms with Crippen LogP contribution in [0.2, 0.25) is 0 Å². The molecule has 0 aromatic heterocycles. The van der Waals surface area contributed by atoms with E-state index in [0.717, 1.165) is 44.0 Å². The Hall–Kier alpha value is -0.960. The molecular formula is C12H15F2N. The topological polar surface area (TPSA) is 12.0 Å². The van der Waals surface area contributed by atoms with Gasteiger partial charge in [-0.3, -0.25) is 0 Å². The summed E-state index contributed by atoms with van der Waals surface area (Å²) in [5.41, 5.74) is 0.765. The summed E-state index contributed by atoms with van der Waals surface area (Å²) in [6, 6.07) is 3.78. The zero-order chi connectivity index (χ0) is 10.7. The van der Waals surface area contributed by atoms with E-state index < -0.39 is 11.6 Å². The molecule has 82 valence electrons. The molecule has 1 aromatic carbocycles. The predicted molar refractivity (Wildman–Crippen MR) is 55.7 cm³/mol. The van der Waals surface area contributed by atoms with E-state index >= 15 is 0 Å². The first-order chi connectivity index (χ1) is 7.24. The first kappa shape index (κ1) is 10.6. The molecule has 1 aliphatic heterocycles. The van der Waals surface area contributed by atoms with Crippen molar-refractivity contribution in [2.24, 2.45) is 5.92 Å². The third kappa shape index (κ3) is 2.99. The molecule has 1 aliphatic rings. The summed E-state index contributed by atoms with van der Waals surface area (Å²) in [4.78, 5) is 0. The van der Waals surface area contributed by atoms with Crippen LogP contribution >= 0.6 is 0 Å². The summed E-state index contributed by atoms with van der Waals surface area (Å²) < 4.78 is 25.9. The Morgan fingerprint density at radius 3 is 2.53 bits per heavy atom. The molecule has 0 radical (unpaired) electrons. The number of benzene rings is 1. The summed E-state index contributed by atoms with van der Waals surface area (Å²) in [5, 5.41) is 3.30. The Labute approximate surface area is 88.5 Å². The van der Waals surface area contributed by atoms with Gasteiger partial charge < -0.3 is 5.32 Å². The van der Waals surface area contributed by atoms with Gasteiger partial charge in [0.1, 0.15) is 11.6 Å². The quantitative estimate of drug-likeness (QED) is 0.792. The minimum atomic E-state index is -0.478. The highest BCUT2D eigenvalue weighted by Crippen LogP contribution is 2.17. The van der Waals surface area contributed by atoms with Crippen molar-refractivity contribution in [2.45, 2.75) is 19.3 Å². The van der Waals surface area contributed by atoms with Gasteiger partial charge in [0.15, 0.2) is 0 Å². The second-order valence-electron chi connectivity index (χ2n) is 4.19. The fourth-order valence-electron chi connectivity index (χ4n) is 2.16. The lowest BCUT2D eigenvalue weighted by molar-refractivity contribution is 0.375. The predicted octanol–water partition coefficient (Wildman–Crippen LogP) is 2.51. The maximum Gasteiger partial charge on any atom is 0.126 e. The fourth-order valence-corrected chi connectivity index (χ4v) is 2.16. The number of hydrogen-bond acceptors (Lipinski definition) is 1. The van der Waals surface area contributed by atoms with Gasteiger partial charge in [-0.2, -0.15) is 0 Å². The van der Waals surface area contributed by atoms with Crippen LogP contribution in [0.15, 0.2) is 18.2 Å². The van der Waals surface area contributed by atoms with Crippen molar-refractivity contribution in [1.82, 2.24) is 5.32 Å². The lowest BCUT2D eigenvalue weighted by Crippen LogP contribution is -2.30. The number of halogens is 2. The highest BCUT2D eigenvalue weighted by Gasteiger charge is 2.14. The molecule has 0 unspecified atom stereocenters. The molecule has 1 saturated heterocycles. The summed E-state index contributed by atoms with van der Waals surface area (Å²) >= 11 is 0. The van der Waals surface area contributed by atoms with E-state index in [4.69, 9.17) is 0 Å². The Balaban J connectivity index is 2.02. The molecular weight excluding hydrogens is 196 g/mol. The number of hydrogen-bond donors (Lipinski definition) is 1. The molecule has 1 N–H and O–H groups in total. The third-order valence-corrected chi connectivity index (χ3v) is 2.85. The second kappa shape index (κ2) is 4.71. The molecule has 15 heavy (non-hydrogen) atoms. The van der Waals surface area contributed by atoms with Gasteiger partial charge in [0, 0.05) is 6.07 Å². The standard InChI is InChI=1S/C12H15F2N/c13-11-5-10(6-12(14)7-11)4-9-2-1-3-15-8-9/h5-7,9,15H,1-4,8H2/t9-/m1/s1. The maximum atomic E-state index is 12.9. The molecule has 3 heteroatoms. The molecule has 1 heterocycles. The first-order valence-electron chi connectivity index (χ1n) is 5.40. The first-order valence-corrected chi connectivity index (χ1v) is 5.40. The van der Waals surface area contributed by atoms with Crippen LogP contribution in [0.4, 0.5) is 8.78 Å². The molecule has 0 bridgehead atoms. The van der Waals surface area contributed by atoms with Crippen LogP contribution < -0.4 is 5.32 Å². The maximum absolute atomic E-state index is 12.9. The number of piperidine rings is 1. The van der Waals surface area contributed by atoms with E-state index in [9.17, 15) is 8.78 Å². The molecule has 1 nitrogen and oxygen atoms in total. The normalized spacial score (nSPS) is 21.6. The van der Waals surface area contributed by atoms with E-state index in [-0.39, 0.29) is 0 Å². The summed E-state index contributed by atoms with van der Waals surface area (Å²) in [5.74, 6) is -0.442. The number of rotatable bonds is 2. The second-order valence-corrected chi connectivity index (χ2v) is 4.19. The van der Waals surface area contributed by atoms with Gasteiger partial charge in [0.2, 0.25) is 0 Å². The Bertz CT molecular complexity index is 312. The Morgan fingerprint density at radius 1 is 1.20 bits per heavy atom. The van der Waals surface area contributed by atoms with E-state index in [1.54, 1.807) is 0 Å². The Morgan fingerprint density at radius 2 is 1.93 bits per heavy atom. The third-order valence-electron chi connectivity index (χ3n) is 2.85. The van der Waals surface area contributed by atoms with Gasteiger partial charge in [-0.05, 0) is 56.0 Å². The van der Waals surface area contributed by atoms with Gasteiger partial charge in [-0.15, -0.1) is 0 Å². The van der Waals surface area contributed by atoms with Crippen LogP contribution in [0.5, 0.6) is 0 Å². The zero-order valence-electron chi connectivity index (χ0n) is 8.60. The highest BCUT2D eigenvalue weighted by molar-refractivity contribution is 5.18. The summed E-state index contributed by atoms with van der Waals surface area (Å²) in [7, 11) is 0. The molecule has 2 rings (SSSR count). The van der Waals surface area contributed by atoms with Crippen LogP contribution in [0.1, 0.15) is 18.4 Å². The van der Waals surface area contributed by atoms with E-state index in [2.05, 4.69) is 5.32 Å². The summed E-state index contributed by atoms with van der Waals surface area (Å²) in [6.45, 7) is 2.02. The largest absolute Gasteiger partial charge is 0.316 e.